The van der Waals surface area contributed by atoms with Gasteiger partial charge < -0.3 is 9.84 Å². The molecule has 0 fully saturated rings. The molecule has 1 aromatic heterocycles. The molecule has 3 aromatic carbocycles. The quantitative estimate of drug-likeness (QED) is 0.414. The molecule has 0 bridgehead atoms. The number of nitriles is 1. The normalized spacial score (nSPS) is 15.3. The summed E-state index contributed by atoms with van der Waals surface area (Å²) in [6, 6.07) is 24.4. The van der Waals surface area contributed by atoms with Crippen LogP contribution in [0.2, 0.25) is 0 Å². The minimum absolute atomic E-state index is 0.0432. The molecule has 1 atom stereocenters. The Morgan fingerprint density at radius 3 is 2.57 bits per heavy atom. The zero-order chi connectivity index (χ0) is 24.5. The molecule has 1 unspecified atom stereocenters. The second-order valence-corrected chi connectivity index (χ2v) is 9.06. The van der Waals surface area contributed by atoms with Crippen molar-refractivity contribution in [3.05, 3.63) is 111 Å². The Balaban J connectivity index is 1.75. The minimum Gasteiger partial charge on any atom is -0.508 e. The van der Waals surface area contributed by atoms with Crippen LogP contribution < -0.4 is 9.54 Å². The van der Waals surface area contributed by atoms with E-state index in [-0.39, 0.29) is 22.4 Å². The predicted octanol–water partition coefficient (Wildman–Crippen LogP) is 5.01. The monoisotopic (exact) mass is 480 g/mol. The third kappa shape index (κ3) is 4.25. The van der Waals surface area contributed by atoms with Gasteiger partial charge in [-0.15, -0.1) is 0 Å². The van der Waals surface area contributed by atoms with Crippen LogP contribution in [0.3, 0.4) is 0 Å². The molecule has 2 heterocycles. The lowest BCUT2D eigenvalue weighted by Gasteiger charge is -2.26. The first-order chi connectivity index (χ1) is 16.9. The third-order valence-corrected chi connectivity index (χ3v) is 6.63. The number of carbonyl (C=O) groups excluding carboxylic acids is 1. The number of aromatic hydroxyl groups is 1. The summed E-state index contributed by atoms with van der Waals surface area (Å²) in [5, 5.41) is 25.0. The molecule has 1 aliphatic rings. The van der Waals surface area contributed by atoms with E-state index in [4.69, 9.17) is 9.73 Å². The first-order valence-corrected chi connectivity index (χ1v) is 11.7. The van der Waals surface area contributed by atoms with Crippen molar-refractivity contribution in [2.45, 2.75) is 19.8 Å². The molecule has 1 aliphatic heterocycles. The number of ether oxygens (including phenoxy) is 1. The van der Waals surface area contributed by atoms with E-state index in [0.29, 0.717) is 16.1 Å². The number of aromatic nitrogens is 2. The first-order valence-electron chi connectivity index (χ1n) is 10.9. The highest BCUT2D eigenvalue weighted by molar-refractivity contribution is 7.11. The van der Waals surface area contributed by atoms with Gasteiger partial charge in [-0.3, -0.25) is 4.79 Å². The molecule has 8 heteroatoms. The summed E-state index contributed by atoms with van der Waals surface area (Å²) in [5.41, 5.74) is 3.78. The number of carbonyl (C=O) groups is 1. The van der Waals surface area contributed by atoms with Crippen molar-refractivity contribution in [2.75, 3.05) is 0 Å². The van der Waals surface area contributed by atoms with Crippen LogP contribution in [0.4, 0.5) is 0 Å². The summed E-state index contributed by atoms with van der Waals surface area (Å²) in [7, 11) is 0. The SMILES string of the molecule is CC(=O)c1nn(-c2ccc(C)cc2)/c(=N/C2=C(C#N)C(c3ccccc3)c3ccc(O)cc3O2)s1. The van der Waals surface area contributed by atoms with E-state index in [1.807, 2.05) is 61.5 Å². The number of phenols is 1. The zero-order valence-electron chi connectivity index (χ0n) is 19.0. The second kappa shape index (κ2) is 9.05. The highest BCUT2D eigenvalue weighted by Crippen LogP contribution is 2.44. The van der Waals surface area contributed by atoms with E-state index >= 15 is 0 Å². The Morgan fingerprint density at radius 1 is 1.14 bits per heavy atom. The topological polar surface area (TPSA) is 100 Å². The first kappa shape index (κ1) is 22.3. The van der Waals surface area contributed by atoms with E-state index in [1.165, 1.54) is 13.0 Å². The second-order valence-electron chi connectivity index (χ2n) is 8.10. The summed E-state index contributed by atoms with van der Waals surface area (Å²) in [6.45, 7) is 3.43. The summed E-state index contributed by atoms with van der Waals surface area (Å²) >= 11 is 1.12. The number of hydrogen-bond acceptors (Lipinski definition) is 7. The Labute approximate surface area is 205 Å². The van der Waals surface area contributed by atoms with Crippen LogP contribution in [0, 0.1) is 18.3 Å². The van der Waals surface area contributed by atoms with Crippen LogP contribution >= 0.6 is 11.3 Å². The van der Waals surface area contributed by atoms with Gasteiger partial charge in [0.2, 0.25) is 10.7 Å². The Morgan fingerprint density at radius 2 is 1.89 bits per heavy atom. The van der Waals surface area contributed by atoms with Gasteiger partial charge in [0.15, 0.2) is 10.8 Å². The largest absolute Gasteiger partial charge is 0.508 e. The van der Waals surface area contributed by atoms with Crippen LogP contribution in [0.1, 0.15) is 39.3 Å². The van der Waals surface area contributed by atoms with E-state index in [0.717, 1.165) is 33.7 Å². The lowest BCUT2D eigenvalue weighted by atomic mass is 9.83. The molecular formula is C27H20N4O3S. The van der Waals surface area contributed by atoms with Gasteiger partial charge in [0.05, 0.1) is 11.6 Å². The molecular weight excluding hydrogens is 460 g/mol. The fourth-order valence-electron chi connectivity index (χ4n) is 3.91. The molecule has 1 N–H and O–H groups in total. The van der Waals surface area contributed by atoms with Crippen LogP contribution in [-0.2, 0) is 0 Å². The van der Waals surface area contributed by atoms with Crippen LogP contribution in [0.15, 0.2) is 89.2 Å². The predicted molar refractivity (Wildman–Crippen MR) is 131 cm³/mol. The Kier molecular flexibility index (Phi) is 5.77. The maximum Gasteiger partial charge on any atom is 0.236 e. The molecule has 172 valence electrons. The van der Waals surface area contributed by atoms with Gasteiger partial charge in [0, 0.05) is 18.6 Å². The molecule has 0 saturated carbocycles. The van der Waals surface area contributed by atoms with Gasteiger partial charge in [-0.25, -0.2) is 4.68 Å². The number of nitrogens with zero attached hydrogens (tertiary/aromatic N) is 4. The van der Waals surface area contributed by atoms with Crippen molar-refractivity contribution in [1.29, 1.82) is 5.26 Å². The van der Waals surface area contributed by atoms with Gasteiger partial charge >= 0.3 is 0 Å². The van der Waals surface area contributed by atoms with Crippen molar-refractivity contribution in [1.82, 2.24) is 9.78 Å². The molecule has 7 nitrogen and oxygen atoms in total. The fraction of sp³-hybridized carbons (Fsp3) is 0.111. The number of rotatable bonds is 4. The summed E-state index contributed by atoms with van der Waals surface area (Å²) in [4.78, 5) is 17.2. The van der Waals surface area contributed by atoms with Gasteiger partial charge in [-0.1, -0.05) is 65.4 Å². The molecule has 0 saturated heterocycles. The molecule has 5 rings (SSSR count). The number of benzene rings is 3. The van der Waals surface area contributed by atoms with Gasteiger partial charge in [0.1, 0.15) is 23.1 Å². The Hall–Kier alpha value is -4.48. The summed E-state index contributed by atoms with van der Waals surface area (Å²) in [6.07, 6.45) is 0. The van der Waals surface area contributed by atoms with E-state index in [2.05, 4.69) is 11.2 Å². The van der Waals surface area contributed by atoms with Crippen LogP contribution in [0.5, 0.6) is 11.5 Å². The number of phenolic OH excluding ortho intramolecular Hbond substituents is 1. The van der Waals surface area contributed by atoms with Crippen molar-refractivity contribution in [3.63, 3.8) is 0 Å². The number of hydrogen-bond donors (Lipinski definition) is 1. The maximum atomic E-state index is 12.1. The van der Waals surface area contributed by atoms with Crippen LogP contribution in [0.25, 0.3) is 5.69 Å². The van der Waals surface area contributed by atoms with E-state index in [9.17, 15) is 15.2 Å². The third-order valence-electron chi connectivity index (χ3n) is 5.62. The summed E-state index contributed by atoms with van der Waals surface area (Å²) < 4.78 is 7.63. The van der Waals surface area contributed by atoms with Gasteiger partial charge in [0.25, 0.3) is 0 Å². The van der Waals surface area contributed by atoms with Crippen molar-refractivity contribution >= 4 is 17.1 Å². The fourth-order valence-corrected chi connectivity index (χ4v) is 4.71. The zero-order valence-corrected chi connectivity index (χ0v) is 19.8. The number of Topliss-reactive ketones (excluding diaryl/α,β-unsaturated/α-hetero) is 1. The number of fused-ring (bicyclic) bond motifs is 1. The van der Waals surface area contributed by atoms with Gasteiger partial charge in [-0.05, 0) is 30.7 Å². The van der Waals surface area contributed by atoms with E-state index < -0.39 is 5.92 Å². The van der Waals surface area contributed by atoms with Crippen molar-refractivity contribution in [3.8, 4) is 23.3 Å². The summed E-state index contributed by atoms with van der Waals surface area (Å²) in [5.74, 6) is -0.0679. The minimum atomic E-state index is -0.433. The average Bonchev–Trinajstić information content (AvgIpc) is 3.28. The molecule has 35 heavy (non-hydrogen) atoms. The van der Waals surface area contributed by atoms with E-state index in [1.54, 1.807) is 16.8 Å². The lowest BCUT2D eigenvalue weighted by molar-refractivity contribution is 0.101. The van der Waals surface area contributed by atoms with Gasteiger partial charge in [-0.2, -0.15) is 15.4 Å². The molecule has 4 aromatic rings. The highest BCUT2D eigenvalue weighted by atomic mass is 32.1. The molecule has 0 amide bonds. The smallest absolute Gasteiger partial charge is 0.236 e. The molecule has 0 radical (unpaired) electrons. The van der Waals surface area contributed by atoms with Crippen LogP contribution in [-0.4, -0.2) is 20.7 Å². The standard InChI is InChI=1S/C27H20N4O3S/c1-16-8-10-19(11-9-16)31-27(35-26(30-31)17(2)32)29-25-22(15-28)24(18-6-4-3-5-7-18)21-13-12-20(33)14-23(21)34-25/h3-14,24,33H,1-2H3/b29-27-. The van der Waals surface area contributed by atoms with Crippen molar-refractivity contribution in [2.24, 2.45) is 4.99 Å². The number of aryl methyl sites for hydroxylation is 1. The van der Waals surface area contributed by atoms with Crippen molar-refractivity contribution < 1.29 is 14.6 Å². The average molecular weight is 481 g/mol. The molecule has 0 spiro atoms. The highest BCUT2D eigenvalue weighted by Gasteiger charge is 2.32. The lowest BCUT2D eigenvalue weighted by Crippen LogP contribution is -2.20. The maximum absolute atomic E-state index is 12.1. The number of ketones is 1. The Bertz CT molecular complexity index is 1580. The molecule has 0 aliphatic carbocycles. The number of allylic oxidation sites excluding steroid dienone is 1.